The number of aryl methyl sites for hydroxylation is 1. The summed E-state index contributed by atoms with van der Waals surface area (Å²) in [6.07, 6.45) is 5.85. The molecular formula is C25H25N5O2. The average Bonchev–Trinajstić information content (AvgIpc) is 3.45. The number of anilines is 2. The van der Waals surface area contributed by atoms with E-state index in [2.05, 4.69) is 26.5 Å². The van der Waals surface area contributed by atoms with Crippen molar-refractivity contribution in [2.24, 2.45) is 7.05 Å². The summed E-state index contributed by atoms with van der Waals surface area (Å²) in [6, 6.07) is 17.8. The fourth-order valence-electron chi connectivity index (χ4n) is 3.98. The van der Waals surface area contributed by atoms with Gasteiger partial charge in [0.15, 0.2) is 0 Å². The zero-order chi connectivity index (χ0) is 21.9. The van der Waals surface area contributed by atoms with Crippen molar-refractivity contribution in [2.75, 3.05) is 36.5 Å². The summed E-state index contributed by atoms with van der Waals surface area (Å²) in [6.45, 7) is 3.14. The molecule has 1 saturated heterocycles. The van der Waals surface area contributed by atoms with E-state index in [1.54, 1.807) is 0 Å². The number of H-pyrrole nitrogens is 1. The number of amides is 1. The molecule has 0 spiro atoms. The van der Waals surface area contributed by atoms with E-state index in [9.17, 15) is 4.79 Å². The number of rotatable bonds is 5. The summed E-state index contributed by atoms with van der Waals surface area (Å²) in [5.41, 5.74) is 5.24. The number of carbonyl (C=O) groups is 1. The van der Waals surface area contributed by atoms with Crippen LogP contribution < -0.4 is 10.2 Å². The highest BCUT2D eigenvalue weighted by Gasteiger charge is 2.15. The third-order valence-electron chi connectivity index (χ3n) is 5.76. The second-order valence-electron chi connectivity index (χ2n) is 7.82. The Labute approximate surface area is 186 Å². The van der Waals surface area contributed by atoms with Crippen molar-refractivity contribution in [3.8, 4) is 0 Å². The van der Waals surface area contributed by atoms with Crippen molar-refractivity contribution in [2.45, 2.75) is 0 Å². The van der Waals surface area contributed by atoms with Gasteiger partial charge in [-0.15, -0.1) is 0 Å². The van der Waals surface area contributed by atoms with Gasteiger partial charge < -0.3 is 19.5 Å². The number of benzene rings is 2. The Morgan fingerprint density at radius 3 is 2.75 bits per heavy atom. The van der Waals surface area contributed by atoms with Gasteiger partial charge in [-0.25, -0.2) is 0 Å². The second-order valence-corrected chi connectivity index (χ2v) is 7.82. The van der Waals surface area contributed by atoms with Gasteiger partial charge in [-0.05, 0) is 42.5 Å². The largest absolute Gasteiger partial charge is 0.378 e. The molecule has 1 fully saturated rings. The van der Waals surface area contributed by atoms with Gasteiger partial charge >= 0.3 is 0 Å². The van der Waals surface area contributed by atoms with Crippen molar-refractivity contribution < 1.29 is 9.53 Å². The molecule has 0 atom stereocenters. The molecule has 2 aromatic carbocycles. The summed E-state index contributed by atoms with van der Waals surface area (Å²) >= 11 is 0. The minimum absolute atomic E-state index is 0.142. The van der Waals surface area contributed by atoms with Gasteiger partial charge in [-0.3, -0.25) is 9.89 Å². The Balaban J connectivity index is 1.49. The molecule has 32 heavy (non-hydrogen) atoms. The van der Waals surface area contributed by atoms with Crippen LogP contribution in [0.2, 0.25) is 0 Å². The van der Waals surface area contributed by atoms with Crippen LogP contribution in [-0.2, 0) is 11.8 Å². The molecule has 0 aliphatic carbocycles. The van der Waals surface area contributed by atoms with Gasteiger partial charge in [-0.1, -0.05) is 24.3 Å². The number of para-hydroxylation sites is 1. The van der Waals surface area contributed by atoms with Gasteiger partial charge in [0.1, 0.15) is 5.69 Å². The first-order chi connectivity index (χ1) is 15.7. The van der Waals surface area contributed by atoms with Gasteiger partial charge in [0.2, 0.25) is 0 Å². The molecule has 2 N–H and O–H groups in total. The topological polar surface area (TPSA) is 75.2 Å². The van der Waals surface area contributed by atoms with Crippen molar-refractivity contribution >= 4 is 40.3 Å². The lowest BCUT2D eigenvalue weighted by molar-refractivity contribution is 0.101. The third kappa shape index (κ3) is 4.02. The van der Waals surface area contributed by atoms with Crippen LogP contribution in [0.3, 0.4) is 0 Å². The number of nitrogens with zero attached hydrogens (tertiary/aromatic N) is 3. The van der Waals surface area contributed by atoms with Crippen LogP contribution in [-0.4, -0.2) is 47.0 Å². The SMILES string of the molecule is Cn1cccc1C(=O)Nc1ccc(N2CCOCC2)cc1C=Cc1n[nH]c2ccccc12. The van der Waals surface area contributed by atoms with Gasteiger partial charge in [-0.2, -0.15) is 5.10 Å². The molecule has 0 radical (unpaired) electrons. The van der Waals surface area contributed by atoms with Crippen molar-refractivity contribution in [1.29, 1.82) is 0 Å². The van der Waals surface area contributed by atoms with E-state index in [0.29, 0.717) is 5.69 Å². The van der Waals surface area contributed by atoms with Crippen molar-refractivity contribution in [3.05, 3.63) is 77.7 Å². The first-order valence-corrected chi connectivity index (χ1v) is 10.7. The number of aromatic nitrogens is 3. The molecule has 7 nitrogen and oxygen atoms in total. The van der Waals surface area contributed by atoms with Crippen LogP contribution in [0.1, 0.15) is 21.7 Å². The molecule has 162 valence electrons. The Kier molecular flexibility index (Phi) is 5.47. The van der Waals surface area contributed by atoms with E-state index in [4.69, 9.17) is 4.74 Å². The van der Waals surface area contributed by atoms with Gasteiger partial charge in [0.25, 0.3) is 5.91 Å². The smallest absolute Gasteiger partial charge is 0.272 e. The van der Waals surface area contributed by atoms with Crippen LogP contribution in [0.15, 0.2) is 60.8 Å². The molecular weight excluding hydrogens is 402 g/mol. The summed E-state index contributed by atoms with van der Waals surface area (Å²) in [5.74, 6) is -0.142. The normalized spacial score (nSPS) is 14.3. The third-order valence-corrected chi connectivity index (χ3v) is 5.76. The number of fused-ring (bicyclic) bond motifs is 1. The lowest BCUT2D eigenvalue weighted by Gasteiger charge is -2.29. The number of hydrogen-bond donors (Lipinski definition) is 2. The molecule has 5 rings (SSSR count). The minimum atomic E-state index is -0.142. The fraction of sp³-hybridized carbons (Fsp3) is 0.200. The van der Waals surface area contributed by atoms with Gasteiger partial charge in [0.05, 0.1) is 24.4 Å². The quantitative estimate of drug-likeness (QED) is 0.502. The maximum absolute atomic E-state index is 12.8. The van der Waals surface area contributed by atoms with Crippen LogP contribution >= 0.6 is 0 Å². The van der Waals surface area contributed by atoms with Crippen LogP contribution in [0.5, 0.6) is 0 Å². The number of nitrogens with one attached hydrogen (secondary N) is 2. The average molecular weight is 428 g/mol. The maximum Gasteiger partial charge on any atom is 0.272 e. The molecule has 7 heteroatoms. The van der Waals surface area contributed by atoms with E-state index in [-0.39, 0.29) is 5.91 Å². The number of aromatic amines is 1. The molecule has 2 aromatic heterocycles. The summed E-state index contributed by atoms with van der Waals surface area (Å²) in [5, 5.41) is 11.6. The van der Waals surface area contributed by atoms with Crippen LogP contribution in [0.25, 0.3) is 23.1 Å². The molecule has 0 saturated carbocycles. The van der Waals surface area contributed by atoms with E-state index in [0.717, 1.165) is 59.8 Å². The molecule has 0 bridgehead atoms. The Hall–Kier alpha value is -3.84. The second kappa shape index (κ2) is 8.72. The number of carbonyl (C=O) groups excluding carboxylic acids is 1. The molecule has 1 aliphatic heterocycles. The maximum atomic E-state index is 12.8. The lowest BCUT2D eigenvalue weighted by Crippen LogP contribution is -2.36. The highest BCUT2D eigenvalue weighted by atomic mass is 16.5. The Bertz CT molecular complexity index is 1280. The molecule has 1 amide bonds. The fourth-order valence-corrected chi connectivity index (χ4v) is 3.98. The number of ether oxygens (including phenoxy) is 1. The zero-order valence-corrected chi connectivity index (χ0v) is 17.9. The van der Waals surface area contributed by atoms with E-state index >= 15 is 0 Å². The Morgan fingerprint density at radius 1 is 1.09 bits per heavy atom. The summed E-state index contributed by atoms with van der Waals surface area (Å²) in [4.78, 5) is 15.1. The molecule has 3 heterocycles. The van der Waals surface area contributed by atoms with E-state index < -0.39 is 0 Å². The predicted molar refractivity (Wildman–Crippen MR) is 128 cm³/mol. The van der Waals surface area contributed by atoms with Crippen molar-refractivity contribution in [3.63, 3.8) is 0 Å². The highest BCUT2D eigenvalue weighted by molar-refractivity contribution is 6.04. The first kappa shape index (κ1) is 20.1. The van der Waals surface area contributed by atoms with Crippen LogP contribution in [0.4, 0.5) is 11.4 Å². The zero-order valence-electron chi connectivity index (χ0n) is 17.9. The first-order valence-electron chi connectivity index (χ1n) is 10.7. The lowest BCUT2D eigenvalue weighted by atomic mass is 10.1. The van der Waals surface area contributed by atoms with E-state index in [1.807, 2.05) is 78.5 Å². The predicted octanol–water partition coefficient (Wildman–Crippen LogP) is 4.16. The minimum Gasteiger partial charge on any atom is -0.378 e. The van der Waals surface area contributed by atoms with E-state index in [1.165, 1.54) is 0 Å². The van der Waals surface area contributed by atoms with Crippen LogP contribution in [0, 0.1) is 0 Å². The van der Waals surface area contributed by atoms with Crippen molar-refractivity contribution in [1.82, 2.24) is 14.8 Å². The monoisotopic (exact) mass is 427 g/mol. The molecule has 0 unspecified atom stereocenters. The number of hydrogen-bond acceptors (Lipinski definition) is 4. The standard InChI is InChI=1S/C25H25N5O2/c1-29-12-4-7-24(29)25(31)26-21-11-9-19(30-13-15-32-16-14-30)17-18(21)8-10-23-20-5-2-3-6-22(20)27-28-23/h2-12,17H,13-16H2,1H3,(H,26,31)(H,27,28). The summed E-state index contributed by atoms with van der Waals surface area (Å²) < 4.78 is 7.30. The number of morpholine rings is 1. The molecule has 4 aromatic rings. The molecule has 1 aliphatic rings. The Morgan fingerprint density at radius 2 is 1.94 bits per heavy atom. The highest BCUT2D eigenvalue weighted by Crippen LogP contribution is 2.27. The summed E-state index contributed by atoms with van der Waals surface area (Å²) in [7, 11) is 1.86. The van der Waals surface area contributed by atoms with Gasteiger partial charge in [0, 0.05) is 48.7 Å².